The van der Waals surface area contributed by atoms with E-state index in [-0.39, 0.29) is 5.82 Å². The van der Waals surface area contributed by atoms with Gasteiger partial charge in [0.25, 0.3) is 0 Å². The molecule has 1 aromatic heterocycles. The van der Waals surface area contributed by atoms with Crippen LogP contribution in [0, 0.1) is 5.82 Å². The molecule has 2 nitrogen and oxygen atoms in total. The van der Waals surface area contributed by atoms with E-state index in [2.05, 4.69) is 20.9 Å². The fraction of sp³-hybridized carbons (Fsp3) is 0.182. The van der Waals surface area contributed by atoms with Crippen molar-refractivity contribution in [1.82, 2.24) is 4.98 Å². The van der Waals surface area contributed by atoms with Crippen molar-refractivity contribution >= 4 is 32.4 Å². The third kappa shape index (κ3) is 2.80. The molecule has 0 aliphatic carbocycles. The Labute approximate surface area is 105 Å². The quantitative estimate of drug-likeness (QED) is 0.943. The van der Waals surface area contributed by atoms with E-state index in [4.69, 9.17) is 5.73 Å². The van der Waals surface area contributed by atoms with E-state index in [9.17, 15) is 4.39 Å². The highest BCUT2D eigenvalue weighted by atomic mass is 79.9. The molecule has 2 rings (SSSR count). The maximum atomic E-state index is 12.9. The van der Waals surface area contributed by atoms with Gasteiger partial charge in [-0.1, -0.05) is 12.1 Å². The summed E-state index contributed by atoms with van der Waals surface area (Å²) in [5.41, 5.74) is 6.57. The minimum atomic E-state index is -0.194. The number of halogens is 2. The largest absolute Gasteiger partial charge is 0.375 e. The molecule has 2 N–H and O–H groups in total. The molecule has 0 aliphatic rings. The molecule has 0 unspecified atom stereocenters. The van der Waals surface area contributed by atoms with Gasteiger partial charge in [0, 0.05) is 4.88 Å². The van der Waals surface area contributed by atoms with Crippen LogP contribution in [0.3, 0.4) is 0 Å². The first-order valence-electron chi connectivity index (χ1n) is 4.80. The number of anilines is 1. The summed E-state index contributed by atoms with van der Waals surface area (Å²) in [5.74, 6) is -0.194. The van der Waals surface area contributed by atoms with Crippen LogP contribution in [0.4, 0.5) is 9.52 Å². The average molecular weight is 301 g/mol. The molecule has 0 saturated heterocycles. The fourth-order valence-electron chi connectivity index (χ4n) is 1.45. The smallest absolute Gasteiger partial charge is 0.181 e. The van der Waals surface area contributed by atoms with Gasteiger partial charge in [-0.3, -0.25) is 0 Å². The normalized spacial score (nSPS) is 10.6. The first-order valence-corrected chi connectivity index (χ1v) is 6.41. The van der Waals surface area contributed by atoms with E-state index < -0.39 is 0 Å². The summed E-state index contributed by atoms with van der Waals surface area (Å²) in [7, 11) is 0. The second-order valence-electron chi connectivity index (χ2n) is 3.40. The molecular weight excluding hydrogens is 291 g/mol. The van der Waals surface area contributed by atoms with Gasteiger partial charge in [-0.2, -0.15) is 0 Å². The fourth-order valence-corrected chi connectivity index (χ4v) is 2.93. The number of nitrogens with zero attached hydrogens (tertiary/aromatic N) is 1. The summed E-state index contributed by atoms with van der Waals surface area (Å²) in [5, 5.41) is 0.557. The molecule has 0 spiro atoms. The zero-order valence-corrected chi connectivity index (χ0v) is 10.8. The lowest BCUT2D eigenvalue weighted by Gasteiger charge is -1.99. The lowest BCUT2D eigenvalue weighted by atomic mass is 10.1. The number of benzene rings is 1. The van der Waals surface area contributed by atoms with Crippen LogP contribution < -0.4 is 5.73 Å². The monoisotopic (exact) mass is 300 g/mol. The van der Waals surface area contributed by atoms with Gasteiger partial charge in [0.1, 0.15) is 10.4 Å². The molecule has 1 aromatic carbocycles. The maximum Gasteiger partial charge on any atom is 0.181 e. The highest BCUT2D eigenvalue weighted by Gasteiger charge is 2.06. The lowest BCUT2D eigenvalue weighted by Crippen LogP contribution is -1.90. The van der Waals surface area contributed by atoms with Gasteiger partial charge >= 0.3 is 0 Å². The number of aryl methyl sites for hydroxylation is 2. The molecule has 0 aliphatic heterocycles. The molecule has 0 fully saturated rings. The van der Waals surface area contributed by atoms with Crippen molar-refractivity contribution in [2.75, 3.05) is 5.73 Å². The van der Waals surface area contributed by atoms with Crippen LogP contribution in [0.1, 0.15) is 10.4 Å². The number of aromatic nitrogens is 1. The van der Waals surface area contributed by atoms with Crippen molar-refractivity contribution in [3.05, 3.63) is 45.1 Å². The van der Waals surface area contributed by atoms with Gasteiger partial charge in [0.05, 0.1) is 0 Å². The first kappa shape index (κ1) is 11.5. The van der Waals surface area contributed by atoms with Crippen LogP contribution >= 0.6 is 27.3 Å². The Morgan fingerprint density at radius 3 is 2.81 bits per heavy atom. The Hall–Kier alpha value is -0.940. The number of hydrogen-bond donors (Lipinski definition) is 1. The number of nitrogen functional groups attached to an aromatic ring is 1. The molecule has 0 bridgehead atoms. The summed E-state index contributed by atoms with van der Waals surface area (Å²) in [6.07, 6.45) is 1.61. The van der Waals surface area contributed by atoms with E-state index in [0.29, 0.717) is 5.13 Å². The second kappa shape index (κ2) is 4.93. The van der Waals surface area contributed by atoms with Gasteiger partial charge in [0.2, 0.25) is 0 Å². The Bertz CT molecular complexity index is 498. The SMILES string of the molecule is Nc1nc(Br)c(CCc2cccc(F)c2)s1. The summed E-state index contributed by atoms with van der Waals surface area (Å²) in [4.78, 5) is 5.18. The van der Waals surface area contributed by atoms with E-state index in [0.717, 1.165) is 27.9 Å². The molecule has 0 atom stereocenters. The molecule has 1 heterocycles. The molecule has 5 heteroatoms. The molecule has 0 amide bonds. The van der Waals surface area contributed by atoms with E-state index in [1.165, 1.54) is 17.4 Å². The number of rotatable bonds is 3. The Balaban J connectivity index is 2.05. The Morgan fingerprint density at radius 2 is 2.19 bits per heavy atom. The van der Waals surface area contributed by atoms with Crippen molar-refractivity contribution < 1.29 is 4.39 Å². The molecule has 0 radical (unpaired) electrons. The Morgan fingerprint density at radius 1 is 1.38 bits per heavy atom. The van der Waals surface area contributed by atoms with Crippen LogP contribution in [-0.2, 0) is 12.8 Å². The van der Waals surface area contributed by atoms with E-state index in [1.54, 1.807) is 12.1 Å². The van der Waals surface area contributed by atoms with Crippen LogP contribution in [0.25, 0.3) is 0 Å². The van der Waals surface area contributed by atoms with Gasteiger partial charge in [-0.15, -0.1) is 11.3 Å². The highest BCUT2D eigenvalue weighted by Crippen LogP contribution is 2.26. The lowest BCUT2D eigenvalue weighted by molar-refractivity contribution is 0.625. The summed E-state index contributed by atoms with van der Waals surface area (Å²) < 4.78 is 13.7. The molecule has 84 valence electrons. The van der Waals surface area contributed by atoms with Crippen molar-refractivity contribution in [3.63, 3.8) is 0 Å². The van der Waals surface area contributed by atoms with Gasteiger partial charge in [0.15, 0.2) is 5.13 Å². The second-order valence-corrected chi connectivity index (χ2v) is 5.26. The predicted molar refractivity (Wildman–Crippen MR) is 68.0 cm³/mol. The summed E-state index contributed by atoms with van der Waals surface area (Å²) in [6.45, 7) is 0. The molecular formula is C11H10BrFN2S. The van der Waals surface area contributed by atoms with Gasteiger partial charge in [-0.25, -0.2) is 9.37 Å². The third-order valence-corrected chi connectivity index (χ3v) is 4.06. The molecule has 16 heavy (non-hydrogen) atoms. The third-order valence-electron chi connectivity index (χ3n) is 2.20. The summed E-state index contributed by atoms with van der Waals surface area (Å²) >= 11 is 4.81. The zero-order chi connectivity index (χ0) is 11.5. The minimum absolute atomic E-state index is 0.194. The Kier molecular flexibility index (Phi) is 3.56. The topological polar surface area (TPSA) is 38.9 Å². The van der Waals surface area contributed by atoms with E-state index >= 15 is 0 Å². The van der Waals surface area contributed by atoms with Crippen LogP contribution in [0.2, 0.25) is 0 Å². The minimum Gasteiger partial charge on any atom is -0.375 e. The number of nitrogens with two attached hydrogens (primary N) is 1. The number of thiazole rings is 1. The molecule has 2 aromatic rings. The van der Waals surface area contributed by atoms with Gasteiger partial charge < -0.3 is 5.73 Å². The highest BCUT2D eigenvalue weighted by molar-refractivity contribution is 9.10. The van der Waals surface area contributed by atoms with Gasteiger partial charge in [-0.05, 0) is 46.5 Å². The standard InChI is InChI=1S/C11H10BrFN2S/c12-10-9(16-11(14)15-10)5-4-7-2-1-3-8(13)6-7/h1-3,6H,4-5H2,(H2,14,15). The number of hydrogen-bond acceptors (Lipinski definition) is 3. The maximum absolute atomic E-state index is 12.9. The summed E-state index contributed by atoms with van der Waals surface area (Å²) in [6, 6.07) is 6.64. The van der Waals surface area contributed by atoms with Crippen molar-refractivity contribution in [2.45, 2.75) is 12.8 Å². The predicted octanol–water partition coefficient (Wildman–Crippen LogP) is 3.41. The molecule has 0 saturated carbocycles. The first-order chi connectivity index (χ1) is 7.65. The van der Waals surface area contributed by atoms with Crippen molar-refractivity contribution in [1.29, 1.82) is 0 Å². The van der Waals surface area contributed by atoms with Crippen molar-refractivity contribution in [3.8, 4) is 0 Å². The van der Waals surface area contributed by atoms with E-state index in [1.807, 2.05) is 6.07 Å². The van der Waals surface area contributed by atoms with Crippen LogP contribution in [-0.4, -0.2) is 4.98 Å². The zero-order valence-electron chi connectivity index (χ0n) is 8.41. The van der Waals surface area contributed by atoms with Crippen molar-refractivity contribution in [2.24, 2.45) is 0 Å². The van der Waals surface area contributed by atoms with Crippen LogP contribution in [0.5, 0.6) is 0 Å². The van der Waals surface area contributed by atoms with Crippen LogP contribution in [0.15, 0.2) is 28.9 Å². The average Bonchev–Trinajstić information content (AvgIpc) is 2.54.